The number of carbonyl (C=O) groups excluding carboxylic acids is 1. The minimum Gasteiger partial charge on any atom is -0.497 e. The minimum absolute atomic E-state index is 0.0783. The second-order valence-corrected chi connectivity index (χ2v) is 8.69. The number of hydrogen-bond acceptors (Lipinski definition) is 5. The van der Waals surface area contributed by atoms with Crippen LogP contribution in [0.2, 0.25) is 0 Å². The molecule has 32 heavy (non-hydrogen) atoms. The van der Waals surface area contributed by atoms with E-state index < -0.39 is 10.0 Å². The second kappa shape index (κ2) is 10.7. The summed E-state index contributed by atoms with van der Waals surface area (Å²) in [4.78, 5) is 12.8. The Bertz CT molecular complexity index is 1140. The number of benzene rings is 3. The van der Waals surface area contributed by atoms with Gasteiger partial charge in [0.2, 0.25) is 0 Å². The van der Waals surface area contributed by atoms with Crippen LogP contribution in [0.4, 0.5) is 11.4 Å². The van der Waals surface area contributed by atoms with Gasteiger partial charge in [-0.05, 0) is 67.1 Å². The van der Waals surface area contributed by atoms with Crippen LogP contribution in [0.3, 0.4) is 0 Å². The average molecular weight is 455 g/mol. The molecule has 0 saturated heterocycles. The first-order valence-electron chi connectivity index (χ1n) is 10.2. The van der Waals surface area contributed by atoms with E-state index in [0.717, 1.165) is 12.8 Å². The van der Waals surface area contributed by atoms with Crippen molar-refractivity contribution < 1.29 is 22.7 Å². The zero-order valence-electron chi connectivity index (χ0n) is 18.0. The molecule has 0 aliphatic carbocycles. The van der Waals surface area contributed by atoms with Crippen LogP contribution in [0, 0.1) is 0 Å². The number of unbranched alkanes of at least 4 members (excludes halogenated alkanes) is 1. The van der Waals surface area contributed by atoms with Gasteiger partial charge in [-0.1, -0.05) is 25.5 Å². The van der Waals surface area contributed by atoms with Crippen molar-refractivity contribution in [2.75, 3.05) is 23.8 Å². The Balaban J connectivity index is 1.68. The molecule has 2 N–H and O–H groups in total. The highest BCUT2D eigenvalue weighted by atomic mass is 32.2. The van der Waals surface area contributed by atoms with Crippen molar-refractivity contribution in [2.24, 2.45) is 0 Å². The summed E-state index contributed by atoms with van der Waals surface area (Å²) in [6.07, 6.45) is 1.90. The molecule has 8 heteroatoms. The molecule has 0 atom stereocenters. The van der Waals surface area contributed by atoms with E-state index in [1.807, 2.05) is 6.07 Å². The minimum atomic E-state index is -3.77. The van der Waals surface area contributed by atoms with E-state index in [0.29, 0.717) is 35.0 Å². The van der Waals surface area contributed by atoms with Crippen LogP contribution in [0.1, 0.15) is 30.1 Å². The molecule has 3 aromatic rings. The van der Waals surface area contributed by atoms with E-state index in [2.05, 4.69) is 17.0 Å². The highest BCUT2D eigenvalue weighted by Gasteiger charge is 2.16. The normalized spacial score (nSPS) is 10.9. The maximum atomic E-state index is 12.7. The molecule has 0 heterocycles. The summed E-state index contributed by atoms with van der Waals surface area (Å²) < 4.78 is 38.6. The number of amides is 1. The number of carbonyl (C=O) groups is 1. The maximum absolute atomic E-state index is 12.7. The number of nitrogens with one attached hydrogen (secondary N) is 2. The Labute approximate surface area is 188 Å². The standard InChI is InChI=1S/C24H26N2O5S/c1-3-4-17-31-23-8-6-5-7-22(23)24(27)25-18-11-15-21(16-12-18)32(28,29)26-19-9-13-20(30-2)14-10-19/h5-16,26H,3-4,17H2,1-2H3,(H,25,27). The molecule has 0 spiro atoms. The van der Waals surface area contributed by atoms with Gasteiger partial charge in [-0.25, -0.2) is 8.42 Å². The number of ether oxygens (including phenoxy) is 2. The number of hydrogen-bond donors (Lipinski definition) is 2. The Morgan fingerprint density at radius 3 is 2.22 bits per heavy atom. The summed E-state index contributed by atoms with van der Waals surface area (Å²) in [6.45, 7) is 2.60. The quantitative estimate of drug-likeness (QED) is 0.424. The first-order valence-corrected chi connectivity index (χ1v) is 11.7. The van der Waals surface area contributed by atoms with Gasteiger partial charge >= 0.3 is 0 Å². The van der Waals surface area contributed by atoms with Crippen LogP contribution < -0.4 is 19.5 Å². The lowest BCUT2D eigenvalue weighted by atomic mass is 10.2. The fraction of sp³-hybridized carbons (Fsp3) is 0.208. The molecule has 0 saturated carbocycles. The molecule has 3 rings (SSSR count). The molecule has 0 aliphatic rings. The molecule has 168 valence electrons. The molecule has 0 radical (unpaired) electrons. The van der Waals surface area contributed by atoms with Gasteiger partial charge in [-0.3, -0.25) is 9.52 Å². The summed E-state index contributed by atoms with van der Waals surface area (Å²) in [5, 5.41) is 2.78. The summed E-state index contributed by atoms with van der Waals surface area (Å²) in [5.41, 5.74) is 1.31. The van der Waals surface area contributed by atoms with Gasteiger partial charge in [0.25, 0.3) is 15.9 Å². The molecule has 0 bridgehead atoms. The number of methoxy groups -OCH3 is 1. The van der Waals surface area contributed by atoms with E-state index in [-0.39, 0.29) is 10.8 Å². The highest BCUT2D eigenvalue weighted by Crippen LogP contribution is 2.23. The van der Waals surface area contributed by atoms with Crippen molar-refractivity contribution in [3.8, 4) is 11.5 Å². The molecule has 0 aliphatic heterocycles. The summed E-state index contributed by atoms with van der Waals surface area (Å²) in [7, 11) is -2.23. The third kappa shape index (κ3) is 6.01. The SMILES string of the molecule is CCCCOc1ccccc1C(=O)Nc1ccc(S(=O)(=O)Nc2ccc(OC)cc2)cc1. The fourth-order valence-electron chi connectivity index (χ4n) is 2.90. The predicted molar refractivity (Wildman–Crippen MR) is 125 cm³/mol. The van der Waals surface area contributed by atoms with Gasteiger partial charge in [-0.15, -0.1) is 0 Å². The molecule has 0 fully saturated rings. The number of anilines is 2. The highest BCUT2D eigenvalue weighted by molar-refractivity contribution is 7.92. The van der Waals surface area contributed by atoms with Gasteiger partial charge in [0.1, 0.15) is 11.5 Å². The molecule has 0 unspecified atom stereocenters. The van der Waals surface area contributed by atoms with Gasteiger partial charge in [-0.2, -0.15) is 0 Å². The van der Waals surface area contributed by atoms with Crippen LogP contribution in [-0.4, -0.2) is 28.0 Å². The molecular formula is C24H26N2O5S. The maximum Gasteiger partial charge on any atom is 0.261 e. The van der Waals surface area contributed by atoms with E-state index in [1.165, 1.54) is 19.2 Å². The van der Waals surface area contributed by atoms with Crippen molar-refractivity contribution >= 4 is 27.3 Å². The van der Waals surface area contributed by atoms with Crippen LogP contribution in [0.5, 0.6) is 11.5 Å². The molecule has 1 amide bonds. The number of sulfonamides is 1. The van der Waals surface area contributed by atoms with Crippen molar-refractivity contribution in [2.45, 2.75) is 24.7 Å². The average Bonchev–Trinajstić information content (AvgIpc) is 2.80. The topological polar surface area (TPSA) is 93.7 Å². The van der Waals surface area contributed by atoms with Crippen molar-refractivity contribution in [3.63, 3.8) is 0 Å². The Hall–Kier alpha value is -3.52. The van der Waals surface area contributed by atoms with Crippen LogP contribution in [0.25, 0.3) is 0 Å². The van der Waals surface area contributed by atoms with E-state index in [1.54, 1.807) is 54.6 Å². The zero-order chi connectivity index (χ0) is 23.0. The predicted octanol–water partition coefficient (Wildman–Crippen LogP) is 4.93. The lowest BCUT2D eigenvalue weighted by molar-refractivity contribution is 0.102. The zero-order valence-corrected chi connectivity index (χ0v) is 18.8. The van der Waals surface area contributed by atoms with Gasteiger partial charge < -0.3 is 14.8 Å². The Morgan fingerprint density at radius 1 is 0.906 bits per heavy atom. The smallest absolute Gasteiger partial charge is 0.261 e. The van der Waals surface area contributed by atoms with Crippen molar-refractivity contribution in [1.29, 1.82) is 0 Å². The van der Waals surface area contributed by atoms with Gasteiger partial charge in [0.05, 0.1) is 24.2 Å². The van der Waals surface area contributed by atoms with Crippen LogP contribution in [-0.2, 0) is 10.0 Å². The first-order chi connectivity index (χ1) is 15.4. The molecule has 7 nitrogen and oxygen atoms in total. The molecular weight excluding hydrogens is 428 g/mol. The third-order valence-corrected chi connectivity index (χ3v) is 6.05. The third-order valence-electron chi connectivity index (χ3n) is 4.65. The van der Waals surface area contributed by atoms with Crippen molar-refractivity contribution in [3.05, 3.63) is 78.4 Å². The summed E-state index contributed by atoms with van der Waals surface area (Å²) in [5.74, 6) is 0.816. The van der Waals surface area contributed by atoms with Crippen molar-refractivity contribution in [1.82, 2.24) is 0 Å². The Morgan fingerprint density at radius 2 is 1.56 bits per heavy atom. The lowest BCUT2D eigenvalue weighted by Crippen LogP contribution is -2.15. The van der Waals surface area contributed by atoms with Gasteiger partial charge in [0, 0.05) is 11.4 Å². The first kappa shape index (κ1) is 23.1. The fourth-order valence-corrected chi connectivity index (χ4v) is 3.95. The van der Waals surface area contributed by atoms with Gasteiger partial charge in [0.15, 0.2) is 0 Å². The monoisotopic (exact) mass is 454 g/mol. The van der Waals surface area contributed by atoms with Crippen LogP contribution in [0.15, 0.2) is 77.7 Å². The van der Waals surface area contributed by atoms with Crippen LogP contribution >= 0.6 is 0 Å². The Kier molecular flexibility index (Phi) is 7.72. The van der Waals surface area contributed by atoms with E-state index >= 15 is 0 Å². The summed E-state index contributed by atoms with van der Waals surface area (Å²) >= 11 is 0. The van der Waals surface area contributed by atoms with E-state index in [4.69, 9.17) is 9.47 Å². The lowest BCUT2D eigenvalue weighted by Gasteiger charge is -2.12. The molecule has 0 aromatic heterocycles. The number of para-hydroxylation sites is 1. The van der Waals surface area contributed by atoms with E-state index in [9.17, 15) is 13.2 Å². The number of rotatable bonds is 10. The second-order valence-electron chi connectivity index (χ2n) is 7.01. The summed E-state index contributed by atoms with van der Waals surface area (Å²) in [6, 6.07) is 19.5. The largest absolute Gasteiger partial charge is 0.497 e. The molecule has 3 aromatic carbocycles.